The number of urea groups is 1. The number of nitrogens with one attached hydrogen (secondary N) is 1. The van der Waals surface area contributed by atoms with E-state index in [0.717, 1.165) is 24.3 Å². The molecule has 4 nitrogen and oxygen atoms in total. The van der Waals surface area contributed by atoms with Gasteiger partial charge in [-0.1, -0.05) is 26.0 Å². The zero-order valence-corrected chi connectivity index (χ0v) is 12.6. The van der Waals surface area contributed by atoms with E-state index in [0.29, 0.717) is 11.8 Å². The predicted molar refractivity (Wildman–Crippen MR) is 82.6 cm³/mol. The average molecular weight is 275 g/mol. The van der Waals surface area contributed by atoms with Gasteiger partial charge >= 0.3 is 6.03 Å². The van der Waals surface area contributed by atoms with E-state index in [1.54, 1.807) is 0 Å². The van der Waals surface area contributed by atoms with Gasteiger partial charge in [0, 0.05) is 24.8 Å². The molecule has 0 spiro atoms. The van der Waals surface area contributed by atoms with Crippen molar-refractivity contribution in [3.63, 3.8) is 0 Å². The first-order valence-electron chi connectivity index (χ1n) is 7.37. The van der Waals surface area contributed by atoms with Gasteiger partial charge in [0.2, 0.25) is 0 Å². The van der Waals surface area contributed by atoms with Crippen LogP contribution in [0.4, 0.5) is 10.5 Å². The van der Waals surface area contributed by atoms with Crippen LogP contribution in [0.3, 0.4) is 0 Å². The molecule has 1 fully saturated rings. The fourth-order valence-corrected chi connectivity index (χ4v) is 2.93. The number of rotatable bonds is 2. The smallest absolute Gasteiger partial charge is 0.321 e. The molecule has 3 atom stereocenters. The number of hydrogen-bond donors (Lipinski definition) is 2. The summed E-state index contributed by atoms with van der Waals surface area (Å²) in [6.07, 6.45) is 1.20. The molecule has 1 heterocycles. The van der Waals surface area contributed by atoms with E-state index in [1.807, 2.05) is 36.1 Å². The number of hydrogen-bond acceptors (Lipinski definition) is 2. The molecule has 0 aliphatic carbocycles. The minimum absolute atomic E-state index is 0.00905. The van der Waals surface area contributed by atoms with Crippen LogP contribution >= 0.6 is 0 Å². The molecule has 0 aromatic heterocycles. The van der Waals surface area contributed by atoms with Gasteiger partial charge in [0.1, 0.15) is 0 Å². The van der Waals surface area contributed by atoms with E-state index >= 15 is 0 Å². The highest BCUT2D eigenvalue weighted by atomic mass is 16.2. The fraction of sp³-hybridized carbons (Fsp3) is 0.562. The van der Waals surface area contributed by atoms with Crippen molar-refractivity contribution in [1.82, 2.24) is 4.90 Å². The molecule has 1 aromatic carbocycles. The van der Waals surface area contributed by atoms with Crippen molar-refractivity contribution in [1.29, 1.82) is 0 Å². The second-order valence-corrected chi connectivity index (χ2v) is 6.20. The van der Waals surface area contributed by atoms with Crippen molar-refractivity contribution in [2.45, 2.75) is 33.2 Å². The quantitative estimate of drug-likeness (QED) is 0.870. The molecule has 2 rings (SSSR count). The summed E-state index contributed by atoms with van der Waals surface area (Å²) < 4.78 is 0. The third-order valence-electron chi connectivity index (χ3n) is 3.82. The lowest BCUT2D eigenvalue weighted by Gasteiger charge is -2.34. The van der Waals surface area contributed by atoms with Crippen LogP contribution in [-0.2, 0) is 0 Å². The number of anilines is 1. The number of benzene rings is 1. The van der Waals surface area contributed by atoms with Crippen molar-refractivity contribution in [2.24, 2.45) is 17.6 Å². The van der Waals surface area contributed by atoms with Gasteiger partial charge in [-0.05, 0) is 42.9 Å². The van der Waals surface area contributed by atoms with Gasteiger partial charge in [-0.3, -0.25) is 0 Å². The maximum atomic E-state index is 12.3. The van der Waals surface area contributed by atoms with Crippen molar-refractivity contribution < 1.29 is 4.79 Å². The molecule has 3 unspecified atom stereocenters. The molecule has 0 bridgehead atoms. The first kappa shape index (κ1) is 14.9. The summed E-state index contributed by atoms with van der Waals surface area (Å²) in [6, 6.07) is 7.72. The Labute approximate surface area is 121 Å². The molecule has 3 N–H and O–H groups in total. The van der Waals surface area contributed by atoms with Crippen molar-refractivity contribution in [3.05, 3.63) is 29.8 Å². The second-order valence-electron chi connectivity index (χ2n) is 6.20. The van der Waals surface area contributed by atoms with Gasteiger partial charge in [-0.2, -0.15) is 0 Å². The van der Waals surface area contributed by atoms with Crippen LogP contribution in [-0.4, -0.2) is 24.0 Å². The number of piperidine rings is 1. The lowest BCUT2D eigenvalue weighted by Crippen LogP contribution is -2.44. The molecule has 1 aliphatic heterocycles. The molecule has 1 aromatic rings. The third kappa shape index (κ3) is 3.73. The summed E-state index contributed by atoms with van der Waals surface area (Å²) in [6.45, 7) is 8.01. The largest absolute Gasteiger partial charge is 0.324 e. The monoisotopic (exact) mass is 275 g/mol. The van der Waals surface area contributed by atoms with Crippen LogP contribution < -0.4 is 11.1 Å². The lowest BCUT2D eigenvalue weighted by molar-refractivity contribution is 0.156. The highest BCUT2D eigenvalue weighted by molar-refractivity contribution is 5.89. The van der Waals surface area contributed by atoms with E-state index in [1.165, 1.54) is 6.42 Å². The Morgan fingerprint density at radius 2 is 2.00 bits per heavy atom. The van der Waals surface area contributed by atoms with Crippen LogP contribution in [0.15, 0.2) is 24.3 Å². The number of nitrogens with zero attached hydrogens (tertiary/aromatic N) is 1. The summed E-state index contributed by atoms with van der Waals surface area (Å²) in [7, 11) is 0. The molecule has 110 valence electrons. The Morgan fingerprint density at radius 1 is 1.35 bits per heavy atom. The number of carbonyl (C=O) groups excluding carboxylic acids is 1. The Kier molecular flexibility index (Phi) is 4.65. The molecule has 4 heteroatoms. The highest BCUT2D eigenvalue weighted by Gasteiger charge is 2.25. The molecule has 2 amide bonds. The van der Waals surface area contributed by atoms with E-state index < -0.39 is 0 Å². The van der Waals surface area contributed by atoms with Crippen molar-refractivity contribution >= 4 is 11.7 Å². The Hall–Kier alpha value is -1.55. The summed E-state index contributed by atoms with van der Waals surface area (Å²) in [5, 5.41) is 2.98. The van der Waals surface area contributed by atoms with Crippen LogP contribution in [0.1, 0.15) is 38.8 Å². The molecular weight excluding hydrogens is 250 g/mol. The first-order valence-corrected chi connectivity index (χ1v) is 7.37. The van der Waals surface area contributed by atoms with Crippen LogP contribution in [0.25, 0.3) is 0 Å². The summed E-state index contributed by atoms with van der Waals surface area (Å²) in [5.74, 6) is 1.14. The normalized spacial score (nSPS) is 24.3. The van der Waals surface area contributed by atoms with Crippen LogP contribution in [0.2, 0.25) is 0 Å². The second kappa shape index (κ2) is 6.27. The molecule has 20 heavy (non-hydrogen) atoms. The third-order valence-corrected chi connectivity index (χ3v) is 3.82. The standard InChI is InChI=1S/C16H25N3O/c1-11-7-12(2)10-19(9-11)16(20)18-15-6-4-5-14(8-15)13(3)17/h4-6,8,11-13H,7,9-10,17H2,1-3H3,(H,18,20). The van der Waals surface area contributed by atoms with E-state index in [-0.39, 0.29) is 12.1 Å². The lowest BCUT2D eigenvalue weighted by atomic mass is 9.92. The summed E-state index contributed by atoms with van der Waals surface area (Å²) in [4.78, 5) is 14.2. The van der Waals surface area contributed by atoms with Crippen LogP contribution in [0.5, 0.6) is 0 Å². The molecule has 1 aliphatic rings. The van der Waals surface area contributed by atoms with Gasteiger partial charge in [-0.15, -0.1) is 0 Å². The van der Waals surface area contributed by atoms with Crippen molar-refractivity contribution in [2.75, 3.05) is 18.4 Å². The number of carbonyl (C=O) groups is 1. The molecule has 1 saturated heterocycles. The maximum absolute atomic E-state index is 12.3. The van der Waals surface area contributed by atoms with E-state index in [2.05, 4.69) is 19.2 Å². The zero-order valence-electron chi connectivity index (χ0n) is 12.6. The van der Waals surface area contributed by atoms with Crippen molar-refractivity contribution in [3.8, 4) is 0 Å². The Morgan fingerprint density at radius 3 is 2.60 bits per heavy atom. The number of amides is 2. The number of nitrogens with two attached hydrogens (primary N) is 1. The topological polar surface area (TPSA) is 58.4 Å². The van der Waals surface area contributed by atoms with Gasteiger partial charge in [0.15, 0.2) is 0 Å². The van der Waals surface area contributed by atoms with Gasteiger partial charge < -0.3 is 16.0 Å². The first-order chi connectivity index (χ1) is 9.45. The molecular formula is C16H25N3O. The minimum Gasteiger partial charge on any atom is -0.324 e. The summed E-state index contributed by atoms with van der Waals surface area (Å²) in [5.41, 5.74) is 7.72. The number of likely N-dealkylation sites (tertiary alicyclic amines) is 1. The summed E-state index contributed by atoms with van der Waals surface area (Å²) >= 11 is 0. The zero-order chi connectivity index (χ0) is 14.7. The average Bonchev–Trinajstić information content (AvgIpc) is 2.37. The maximum Gasteiger partial charge on any atom is 0.321 e. The molecule has 0 saturated carbocycles. The van der Waals surface area contributed by atoms with Gasteiger partial charge in [-0.25, -0.2) is 4.79 Å². The predicted octanol–water partition coefficient (Wildman–Crippen LogP) is 3.22. The van der Waals surface area contributed by atoms with E-state index in [4.69, 9.17) is 5.73 Å². The van der Waals surface area contributed by atoms with Gasteiger partial charge in [0.25, 0.3) is 0 Å². The van der Waals surface area contributed by atoms with E-state index in [9.17, 15) is 4.79 Å². The Bertz CT molecular complexity index is 463. The van der Waals surface area contributed by atoms with Crippen LogP contribution in [0, 0.1) is 11.8 Å². The fourth-order valence-electron chi connectivity index (χ4n) is 2.93. The Balaban J connectivity index is 2.02. The SMILES string of the molecule is CC1CC(C)CN(C(=O)Nc2cccc(C(C)N)c2)C1. The minimum atomic E-state index is -0.0260. The highest BCUT2D eigenvalue weighted by Crippen LogP contribution is 2.22. The molecule has 0 radical (unpaired) electrons. The van der Waals surface area contributed by atoms with Gasteiger partial charge in [0.05, 0.1) is 0 Å².